The first-order chi connectivity index (χ1) is 8.13. The lowest BCUT2D eigenvalue weighted by Crippen LogP contribution is -2.36. The predicted octanol–water partition coefficient (Wildman–Crippen LogP) is 2.84. The zero-order valence-corrected chi connectivity index (χ0v) is 10.7. The molecule has 1 aromatic carbocycles. The van der Waals surface area contributed by atoms with Gasteiger partial charge in [0.2, 0.25) is 0 Å². The lowest BCUT2D eigenvalue weighted by molar-refractivity contribution is 0.106. The fourth-order valence-corrected chi connectivity index (χ4v) is 2.51. The van der Waals surface area contributed by atoms with Crippen molar-refractivity contribution in [3.05, 3.63) is 33.3 Å². The zero-order chi connectivity index (χ0) is 12.4. The summed E-state index contributed by atoms with van der Waals surface area (Å²) in [6.07, 6.45) is 1.62. The minimum Gasteiger partial charge on any atom is -0.330 e. The number of nitrogens with one attached hydrogen (secondary N) is 2. The second-order valence-electron chi connectivity index (χ2n) is 3.80. The molecule has 1 atom stereocenters. The Labute approximate surface area is 109 Å². The van der Waals surface area contributed by atoms with Gasteiger partial charge in [0.05, 0.1) is 23.2 Å². The molecule has 0 unspecified atom stereocenters. The van der Waals surface area contributed by atoms with Gasteiger partial charge in [-0.3, -0.25) is 4.84 Å². The Bertz CT molecular complexity index is 451. The maximum Gasteiger partial charge on any atom is 0.339 e. The van der Waals surface area contributed by atoms with Gasteiger partial charge in [0.1, 0.15) is 0 Å². The summed E-state index contributed by atoms with van der Waals surface area (Å²) in [5.41, 5.74) is 4.25. The van der Waals surface area contributed by atoms with Crippen LogP contribution in [0.1, 0.15) is 23.6 Å². The van der Waals surface area contributed by atoms with E-state index in [0.717, 1.165) is 24.0 Å². The Hall–Kier alpha value is -0.970. The van der Waals surface area contributed by atoms with E-state index in [1.54, 1.807) is 6.07 Å². The number of halogens is 2. The van der Waals surface area contributed by atoms with E-state index >= 15 is 0 Å². The molecule has 0 saturated heterocycles. The molecule has 0 radical (unpaired) electrons. The molecule has 0 aliphatic heterocycles. The summed E-state index contributed by atoms with van der Waals surface area (Å²) in [5, 5.41) is 3.94. The summed E-state index contributed by atoms with van der Waals surface area (Å²) in [7, 11) is 1.39. The Kier molecular flexibility index (Phi) is 3.76. The first kappa shape index (κ1) is 12.5. The average molecular weight is 275 g/mol. The molecule has 1 aliphatic carbocycles. The number of hydrogen-bond acceptors (Lipinski definition) is 2. The highest BCUT2D eigenvalue weighted by atomic mass is 35.5. The van der Waals surface area contributed by atoms with Gasteiger partial charge in [0, 0.05) is 0 Å². The van der Waals surface area contributed by atoms with E-state index in [4.69, 9.17) is 23.2 Å². The summed E-state index contributed by atoms with van der Waals surface area (Å²) < 4.78 is 0. The number of amides is 2. The van der Waals surface area contributed by atoms with Gasteiger partial charge in [0.15, 0.2) is 0 Å². The van der Waals surface area contributed by atoms with Crippen molar-refractivity contribution in [2.75, 3.05) is 7.11 Å². The molecule has 92 valence electrons. The summed E-state index contributed by atoms with van der Waals surface area (Å²) in [6, 6.07) is 3.23. The van der Waals surface area contributed by atoms with E-state index in [1.165, 1.54) is 7.11 Å². The quantitative estimate of drug-likeness (QED) is 0.815. The van der Waals surface area contributed by atoms with Crippen LogP contribution in [0.25, 0.3) is 0 Å². The van der Waals surface area contributed by atoms with Gasteiger partial charge in [-0.05, 0) is 30.0 Å². The van der Waals surface area contributed by atoms with Crippen LogP contribution in [0.3, 0.4) is 0 Å². The minimum atomic E-state index is -0.364. The van der Waals surface area contributed by atoms with Gasteiger partial charge in [-0.25, -0.2) is 10.3 Å². The molecular weight excluding hydrogens is 263 g/mol. The third kappa shape index (κ3) is 2.49. The van der Waals surface area contributed by atoms with Gasteiger partial charge in [-0.1, -0.05) is 29.3 Å². The van der Waals surface area contributed by atoms with Crippen LogP contribution >= 0.6 is 23.2 Å². The van der Waals surface area contributed by atoms with Crippen LogP contribution < -0.4 is 10.8 Å². The fourth-order valence-electron chi connectivity index (χ4n) is 2.06. The van der Waals surface area contributed by atoms with Crippen molar-refractivity contribution >= 4 is 29.2 Å². The van der Waals surface area contributed by atoms with Crippen molar-refractivity contribution in [3.8, 4) is 0 Å². The molecule has 6 heteroatoms. The maximum absolute atomic E-state index is 11.4. The van der Waals surface area contributed by atoms with Crippen molar-refractivity contribution in [2.45, 2.75) is 18.9 Å². The molecule has 2 rings (SSSR count). The first-order valence-electron chi connectivity index (χ1n) is 5.19. The van der Waals surface area contributed by atoms with Crippen LogP contribution in [0.5, 0.6) is 0 Å². The Balaban J connectivity index is 2.17. The highest BCUT2D eigenvalue weighted by Gasteiger charge is 2.26. The lowest BCUT2D eigenvalue weighted by Gasteiger charge is -2.14. The van der Waals surface area contributed by atoms with Gasteiger partial charge in [-0.15, -0.1) is 0 Å². The van der Waals surface area contributed by atoms with E-state index in [-0.39, 0.29) is 12.1 Å². The standard InChI is InChI=1S/C11H12Cl2N2O2/c1-17-15-11(16)14-9-5-3-7-6(9)2-4-8(12)10(7)13/h2,4,9H,3,5H2,1H3,(H2,14,15,16)/t9-/m1/s1. The molecule has 0 saturated carbocycles. The molecule has 1 aliphatic rings. The third-order valence-electron chi connectivity index (χ3n) is 2.79. The lowest BCUT2D eigenvalue weighted by atomic mass is 10.1. The van der Waals surface area contributed by atoms with Crippen molar-refractivity contribution in [1.82, 2.24) is 10.8 Å². The van der Waals surface area contributed by atoms with Crippen molar-refractivity contribution in [3.63, 3.8) is 0 Å². The highest BCUT2D eigenvalue weighted by Crippen LogP contribution is 2.38. The third-order valence-corrected chi connectivity index (χ3v) is 3.63. The van der Waals surface area contributed by atoms with E-state index in [0.29, 0.717) is 10.0 Å². The van der Waals surface area contributed by atoms with E-state index in [1.807, 2.05) is 6.07 Å². The van der Waals surface area contributed by atoms with Gasteiger partial charge in [-0.2, -0.15) is 0 Å². The number of benzene rings is 1. The first-order valence-corrected chi connectivity index (χ1v) is 5.95. The monoisotopic (exact) mass is 274 g/mol. The molecule has 2 N–H and O–H groups in total. The molecule has 17 heavy (non-hydrogen) atoms. The van der Waals surface area contributed by atoms with Gasteiger partial charge >= 0.3 is 6.03 Å². The molecule has 0 spiro atoms. The van der Waals surface area contributed by atoms with E-state index < -0.39 is 0 Å². The van der Waals surface area contributed by atoms with Crippen molar-refractivity contribution in [2.24, 2.45) is 0 Å². The molecule has 0 heterocycles. The maximum atomic E-state index is 11.4. The smallest absolute Gasteiger partial charge is 0.330 e. The molecule has 0 aromatic heterocycles. The molecule has 1 aromatic rings. The molecule has 2 amide bonds. The summed E-state index contributed by atoms with van der Waals surface area (Å²) in [5.74, 6) is 0. The van der Waals surface area contributed by atoms with Crippen LogP contribution in [-0.4, -0.2) is 13.1 Å². The number of rotatable bonds is 2. The minimum absolute atomic E-state index is 0.0464. The Morgan fingerprint density at radius 1 is 1.47 bits per heavy atom. The Morgan fingerprint density at radius 2 is 2.24 bits per heavy atom. The number of carbonyl (C=O) groups is 1. The number of fused-ring (bicyclic) bond motifs is 1. The van der Waals surface area contributed by atoms with E-state index in [9.17, 15) is 4.79 Å². The predicted molar refractivity (Wildman–Crippen MR) is 66.2 cm³/mol. The topological polar surface area (TPSA) is 50.4 Å². The van der Waals surface area contributed by atoms with E-state index in [2.05, 4.69) is 15.6 Å². The number of hydroxylamine groups is 1. The van der Waals surface area contributed by atoms with Gasteiger partial charge in [0.25, 0.3) is 0 Å². The molecule has 4 nitrogen and oxygen atoms in total. The van der Waals surface area contributed by atoms with Crippen LogP contribution in [-0.2, 0) is 11.3 Å². The molecule has 0 bridgehead atoms. The van der Waals surface area contributed by atoms with Crippen LogP contribution in [0, 0.1) is 0 Å². The fraction of sp³-hybridized carbons (Fsp3) is 0.364. The Morgan fingerprint density at radius 3 is 2.94 bits per heavy atom. The van der Waals surface area contributed by atoms with Crippen LogP contribution in [0.15, 0.2) is 12.1 Å². The number of carbonyl (C=O) groups excluding carboxylic acids is 1. The largest absolute Gasteiger partial charge is 0.339 e. The van der Waals surface area contributed by atoms with Crippen LogP contribution in [0.2, 0.25) is 10.0 Å². The SMILES string of the molecule is CONC(=O)N[C@@H]1CCc2c1ccc(Cl)c2Cl. The summed E-state index contributed by atoms with van der Waals surface area (Å²) in [4.78, 5) is 15.9. The second-order valence-corrected chi connectivity index (χ2v) is 4.59. The van der Waals surface area contributed by atoms with Crippen molar-refractivity contribution < 1.29 is 9.63 Å². The molecular formula is C11H12Cl2N2O2. The normalized spacial score (nSPS) is 17.7. The highest BCUT2D eigenvalue weighted by molar-refractivity contribution is 6.42. The summed E-state index contributed by atoms with van der Waals surface area (Å²) >= 11 is 12.1. The summed E-state index contributed by atoms with van der Waals surface area (Å²) in [6.45, 7) is 0. The van der Waals surface area contributed by atoms with Crippen molar-refractivity contribution in [1.29, 1.82) is 0 Å². The van der Waals surface area contributed by atoms with Crippen LogP contribution in [0.4, 0.5) is 4.79 Å². The molecule has 0 fully saturated rings. The average Bonchev–Trinajstić information content (AvgIpc) is 2.68. The zero-order valence-electron chi connectivity index (χ0n) is 9.22. The second kappa shape index (κ2) is 5.12. The number of urea groups is 1. The number of hydrogen-bond donors (Lipinski definition) is 2. The van der Waals surface area contributed by atoms with Gasteiger partial charge < -0.3 is 5.32 Å².